The maximum absolute atomic E-state index is 12.0. The molecular formula is C20H22N2O5. The first-order valence-electron chi connectivity index (χ1n) is 8.52. The highest BCUT2D eigenvalue weighted by molar-refractivity contribution is 5.93. The van der Waals surface area contributed by atoms with Crippen LogP contribution in [0.3, 0.4) is 0 Å². The lowest BCUT2D eigenvalue weighted by molar-refractivity contribution is -0.115. The van der Waals surface area contributed by atoms with Crippen LogP contribution in [0.15, 0.2) is 48.5 Å². The molecular weight excluding hydrogens is 348 g/mol. The van der Waals surface area contributed by atoms with Crippen molar-refractivity contribution in [2.24, 2.45) is 0 Å². The third-order valence-corrected chi connectivity index (χ3v) is 3.64. The van der Waals surface area contributed by atoms with Gasteiger partial charge in [-0.2, -0.15) is 0 Å². The van der Waals surface area contributed by atoms with Gasteiger partial charge in [0.25, 0.3) is 0 Å². The fraction of sp³-hybridized carbons (Fsp3) is 0.250. The molecule has 7 heteroatoms. The molecule has 0 saturated carbocycles. The number of ether oxygens (including phenoxy) is 2. The van der Waals surface area contributed by atoms with Crippen LogP contribution in [0.1, 0.15) is 34.1 Å². The molecule has 0 aliphatic rings. The van der Waals surface area contributed by atoms with Gasteiger partial charge in [-0.3, -0.25) is 4.79 Å². The summed E-state index contributed by atoms with van der Waals surface area (Å²) in [6.07, 6.45) is 0.238. The van der Waals surface area contributed by atoms with E-state index in [0.29, 0.717) is 30.0 Å². The average molecular weight is 370 g/mol. The quantitative estimate of drug-likeness (QED) is 0.694. The van der Waals surface area contributed by atoms with E-state index in [-0.39, 0.29) is 12.3 Å². The fourth-order valence-electron chi connectivity index (χ4n) is 2.32. The first-order valence-corrected chi connectivity index (χ1v) is 8.52. The molecule has 142 valence electrons. The van der Waals surface area contributed by atoms with E-state index in [1.807, 2.05) is 0 Å². The summed E-state index contributed by atoms with van der Waals surface area (Å²) in [5, 5.41) is 5.85. The SMILES string of the molecule is CCOC(=O)c1ccc(NC(=O)CCNc2cccc(C(=O)OC)c2)cc1. The Labute approximate surface area is 157 Å². The van der Waals surface area contributed by atoms with Crippen molar-refractivity contribution in [3.63, 3.8) is 0 Å². The molecule has 2 N–H and O–H groups in total. The van der Waals surface area contributed by atoms with Gasteiger partial charge in [0.15, 0.2) is 0 Å². The van der Waals surface area contributed by atoms with Gasteiger partial charge in [-0.15, -0.1) is 0 Å². The van der Waals surface area contributed by atoms with Gasteiger partial charge in [-0.1, -0.05) is 6.07 Å². The monoisotopic (exact) mass is 370 g/mol. The van der Waals surface area contributed by atoms with Gasteiger partial charge in [0.1, 0.15) is 0 Å². The van der Waals surface area contributed by atoms with E-state index >= 15 is 0 Å². The number of rotatable bonds is 8. The lowest BCUT2D eigenvalue weighted by Gasteiger charge is -2.09. The van der Waals surface area contributed by atoms with Gasteiger partial charge >= 0.3 is 11.9 Å². The molecule has 0 atom stereocenters. The molecule has 0 aliphatic heterocycles. The van der Waals surface area contributed by atoms with E-state index in [0.717, 1.165) is 5.69 Å². The Balaban J connectivity index is 1.81. The van der Waals surface area contributed by atoms with Crippen LogP contribution < -0.4 is 10.6 Å². The highest BCUT2D eigenvalue weighted by atomic mass is 16.5. The smallest absolute Gasteiger partial charge is 0.338 e. The number of esters is 2. The van der Waals surface area contributed by atoms with Gasteiger partial charge in [-0.05, 0) is 49.4 Å². The lowest BCUT2D eigenvalue weighted by atomic mass is 10.2. The summed E-state index contributed by atoms with van der Waals surface area (Å²) in [7, 11) is 1.33. The highest BCUT2D eigenvalue weighted by Gasteiger charge is 2.08. The van der Waals surface area contributed by atoms with Gasteiger partial charge in [0.05, 0.1) is 24.8 Å². The highest BCUT2D eigenvalue weighted by Crippen LogP contribution is 2.13. The molecule has 2 aromatic rings. The van der Waals surface area contributed by atoms with Crippen LogP contribution in [0.2, 0.25) is 0 Å². The van der Waals surface area contributed by atoms with Crippen LogP contribution >= 0.6 is 0 Å². The van der Waals surface area contributed by atoms with Crippen LogP contribution in [-0.4, -0.2) is 38.1 Å². The van der Waals surface area contributed by atoms with Gasteiger partial charge in [0.2, 0.25) is 5.91 Å². The number of hydrogen-bond acceptors (Lipinski definition) is 6. The van der Waals surface area contributed by atoms with Crippen molar-refractivity contribution in [1.29, 1.82) is 0 Å². The second-order valence-electron chi connectivity index (χ2n) is 5.60. The molecule has 1 amide bonds. The molecule has 0 radical (unpaired) electrons. The minimum atomic E-state index is -0.414. The Morgan fingerprint density at radius 3 is 2.33 bits per heavy atom. The largest absolute Gasteiger partial charge is 0.465 e. The van der Waals surface area contributed by atoms with E-state index in [2.05, 4.69) is 15.4 Å². The second kappa shape index (κ2) is 9.96. The van der Waals surface area contributed by atoms with Crippen LogP contribution in [-0.2, 0) is 14.3 Å². The zero-order valence-corrected chi connectivity index (χ0v) is 15.3. The Bertz CT molecular complexity index is 802. The molecule has 0 unspecified atom stereocenters. The summed E-state index contributed by atoms with van der Waals surface area (Å²) in [4.78, 5) is 35.1. The van der Waals surface area contributed by atoms with E-state index in [4.69, 9.17) is 4.74 Å². The fourth-order valence-corrected chi connectivity index (χ4v) is 2.32. The molecule has 0 heterocycles. The number of nitrogens with one attached hydrogen (secondary N) is 2. The Kier molecular flexibility index (Phi) is 7.37. The van der Waals surface area contributed by atoms with Crippen molar-refractivity contribution in [3.8, 4) is 0 Å². The minimum Gasteiger partial charge on any atom is -0.465 e. The Morgan fingerprint density at radius 2 is 1.67 bits per heavy atom. The molecule has 7 nitrogen and oxygen atoms in total. The number of hydrogen-bond donors (Lipinski definition) is 2. The van der Waals surface area contributed by atoms with Gasteiger partial charge < -0.3 is 20.1 Å². The third kappa shape index (κ3) is 6.14. The normalized spacial score (nSPS) is 10.0. The number of benzene rings is 2. The number of methoxy groups -OCH3 is 1. The molecule has 0 aliphatic carbocycles. The minimum absolute atomic E-state index is 0.171. The molecule has 0 bridgehead atoms. The molecule has 0 saturated heterocycles. The summed E-state index contributed by atoms with van der Waals surface area (Å²) >= 11 is 0. The molecule has 0 spiro atoms. The molecule has 2 aromatic carbocycles. The average Bonchev–Trinajstić information content (AvgIpc) is 2.68. The van der Waals surface area contributed by atoms with Crippen molar-refractivity contribution >= 4 is 29.2 Å². The standard InChI is InChI=1S/C20H22N2O5/c1-3-27-20(25)14-7-9-16(10-8-14)22-18(23)11-12-21-17-6-4-5-15(13-17)19(24)26-2/h4-10,13,21H,3,11-12H2,1-2H3,(H,22,23). The second-order valence-corrected chi connectivity index (χ2v) is 5.60. The maximum Gasteiger partial charge on any atom is 0.338 e. The maximum atomic E-state index is 12.0. The zero-order valence-electron chi connectivity index (χ0n) is 15.3. The van der Waals surface area contributed by atoms with E-state index in [1.54, 1.807) is 55.5 Å². The van der Waals surface area contributed by atoms with Crippen LogP contribution in [0, 0.1) is 0 Å². The van der Waals surface area contributed by atoms with Crippen molar-refractivity contribution < 1.29 is 23.9 Å². The van der Waals surface area contributed by atoms with Crippen molar-refractivity contribution in [2.75, 3.05) is 30.9 Å². The first-order chi connectivity index (χ1) is 13.0. The van der Waals surface area contributed by atoms with Crippen LogP contribution in [0.25, 0.3) is 0 Å². The van der Waals surface area contributed by atoms with Crippen LogP contribution in [0.5, 0.6) is 0 Å². The summed E-state index contributed by atoms with van der Waals surface area (Å²) in [6.45, 7) is 2.45. The zero-order chi connectivity index (χ0) is 19.6. The van der Waals surface area contributed by atoms with Gasteiger partial charge in [-0.25, -0.2) is 9.59 Å². The predicted molar refractivity (Wildman–Crippen MR) is 102 cm³/mol. The summed E-state index contributed by atoms with van der Waals surface area (Å²) in [5.41, 5.74) is 2.20. The topological polar surface area (TPSA) is 93.7 Å². The van der Waals surface area contributed by atoms with Crippen molar-refractivity contribution in [2.45, 2.75) is 13.3 Å². The third-order valence-electron chi connectivity index (χ3n) is 3.64. The Morgan fingerprint density at radius 1 is 0.926 bits per heavy atom. The van der Waals surface area contributed by atoms with Crippen molar-refractivity contribution in [3.05, 3.63) is 59.7 Å². The van der Waals surface area contributed by atoms with Gasteiger partial charge in [0, 0.05) is 24.3 Å². The van der Waals surface area contributed by atoms with E-state index in [1.165, 1.54) is 7.11 Å². The molecule has 2 rings (SSSR count). The number of amides is 1. The van der Waals surface area contributed by atoms with Crippen molar-refractivity contribution in [1.82, 2.24) is 0 Å². The number of anilines is 2. The summed E-state index contributed by atoms with van der Waals surface area (Å²) in [5.74, 6) is -0.980. The number of carbonyl (C=O) groups is 3. The number of carbonyl (C=O) groups excluding carboxylic acids is 3. The molecule has 0 fully saturated rings. The lowest BCUT2D eigenvalue weighted by Crippen LogP contribution is -2.16. The van der Waals surface area contributed by atoms with E-state index in [9.17, 15) is 14.4 Å². The summed E-state index contributed by atoms with van der Waals surface area (Å²) < 4.78 is 9.59. The molecule has 27 heavy (non-hydrogen) atoms. The summed E-state index contributed by atoms with van der Waals surface area (Å²) in [6, 6.07) is 13.4. The Hall–Kier alpha value is -3.35. The first kappa shape index (κ1) is 20.0. The van der Waals surface area contributed by atoms with Crippen LogP contribution in [0.4, 0.5) is 11.4 Å². The molecule has 0 aromatic heterocycles. The predicted octanol–water partition coefficient (Wildman–Crippen LogP) is 3.09. The van der Waals surface area contributed by atoms with E-state index < -0.39 is 11.9 Å².